The number of amides is 1. The second kappa shape index (κ2) is 7.13. The summed E-state index contributed by atoms with van der Waals surface area (Å²) in [6.07, 6.45) is 2.02. The van der Waals surface area contributed by atoms with Crippen molar-refractivity contribution in [3.63, 3.8) is 0 Å². The Morgan fingerprint density at radius 1 is 1.29 bits per heavy atom. The summed E-state index contributed by atoms with van der Waals surface area (Å²) >= 11 is 4.34. The van der Waals surface area contributed by atoms with Gasteiger partial charge in [-0.05, 0) is 36.2 Å². The summed E-state index contributed by atoms with van der Waals surface area (Å²) in [6.45, 7) is 1.97. The molecule has 1 aromatic carbocycles. The lowest BCUT2D eigenvalue weighted by molar-refractivity contribution is -0.115. The van der Waals surface area contributed by atoms with Gasteiger partial charge in [0.2, 0.25) is 5.91 Å². The van der Waals surface area contributed by atoms with Crippen LogP contribution in [0.25, 0.3) is 0 Å². The Hall–Kier alpha value is -2.01. The quantitative estimate of drug-likeness (QED) is 0.834. The van der Waals surface area contributed by atoms with Crippen molar-refractivity contribution < 1.29 is 9.53 Å². The highest BCUT2D eigenvalue weighted by Crippen LogP contribution is 2.18. The fourth-order valence-electron chi connectivity index (χ4n) is 1.84. The number of ether oxygens (including phenoxy) is 1. The van der Waals surface area contributed by atoms with E-state index in [9.17, 15) is 4.79 Å². The number of carbonyl (C=O) groups is 1. The maximum absolute atomic E-state index is 12.0. The molecule has 0 saturated heterocycles. The van der Waals surface area contributed by atoms with Crippen LogP contribution in [0.15, 0.2) is 42.6 Å². The Labute approximate surface area is 130 Å². The van der Waals surface area contributed by atoms with Gasteiger partial charge in [0.1, 0.15) is 11.6 Å². The van der Waals surface area contributed by atoms with Gasteiger partial charge in [0.25, 0.3) is 0 Å². The van der Waals surface area contributed by atoms with E-state index in [1.165, 1.54) is 0 Å². The zero-order chi connectivity index (χ0) is 15.2. The molecule has 0 bridgehead atoms. The monoisotopic (exact) mass is 302 g/mol. The lowest BCUT2D eigenvalue weighted by atomic mass is 10.1. The number of thiol groups is 1. The SMILES string of the molecule is COc1ccc(CC(=O)Nc2ccc(C(C)S)cn2)cc1. The van der Waals surface area contributed by atoms with E-state index >= 15 is 0 Å². The standard InChI is InChI=1S/C16H18N2O2S/c1-11(21)13-5-8-15(17-10-13)18-16(19)9-12-3-6-14(20-2)7-4-12/h3-8,10-11,21H,9H2,1-2H3,(H,17,18,19). The minimum atomic E-state index is -0.0978. The molecular formula is C16H18N2O2S. The van der Waals surface area contributed by atoms with Crippen molar-refractivity contribution in [1.29, 1.82) is 0 Å². The molecule has 21 heavy (non-hydrogen) atoms. The summed E-state index contributed by atoms with van der Waals surface area (Å²) < 4.78 is 5.08. The molecule has 1 heterocycles. The van der Waals surface area contributed by atoms with E-state index in [4.69, 9.17) is 4.74 Å². The molecule has 5 heteroatoms. The van der Waals surface area contributed by atoms with Crippen molar-refractivity contribution in [2.75, 3.05) is 12.4 Å². The summed E-state index contributed by atoms with van der Waals surface area (Å²) in [7, 11) is 1.61. The number of benzene rings is 1. The highest BCUT2D eigenvalue weighted by molar-refractivity contribution is 7.80. The number of rotatable bonds is 5. The largest absolute Gasteiger partial charge is 0.497 e. The minimum Gasteiger partial charge on any atom is -0.497 e. The van der Waals surface area contributed by atoms with E-state index < -0.39 is 0 Å². The molecule has 0 aliphatic rings. The molecule has 0 aliphatic carbocycles. The van der Waals surface area contributed by atoms with Gasteiger partial charge in [-0.25, -0.2) is 4.98 Å². The molecule has 0 saturated carbocycles. The second-order valence-corrected chi connectivity index (χ2v) is 5.50. The third-order valence-electron chi connectivity index (χ3n) is 3.06. The third-order valence-corrected chi connectivity index (χ3v) is 3.36. The van der Waals surface area contributed by atoms with Crippen LogP contribution in [0.4, 0.5) is 5.82 Å². The minimum absolute atomic E-state index is 0.0978. The number of methoxy groups -OCH3 is 1. The van der Waals surface area contributed by atoms with Crippen LogP contribution in [-0.2, 0) is 11.2 Å². The van der Waals surface area contributed by atoms with Crippen LogP contribution in [-0.4, -0.2) is 18.0 Å². The normalized spacial score (nSPS) is 11.8. The first-order chi connectivity index (χ1) is 10.1. The van der Waals surface area contributed by atoms with E-state index in [0.717, 1.165) is 16.9 Å². The van der Waals surface area contributed by atoms with Gasteiger partial charge in [0.05, 0.1) is 13.5 Å². The molecule has 0 radical (unpaired) electrons. The maximum Gasteiger partial charge on any atom is 0.229 e. The Kier molecular flexibility index (Phi) is 5.22. The molecule has 1 N–H and O–H groups in total. The van der Waals surface area contributed by atoms with Crippen LogP contribution in [0, 0.1) is 0 Å². The van der Waals surface area contributed by atoms with Gasteiger partial charge in [0, 0.05) is 11.4 Å². The highest BCUT2D eigenvalue weighted by Gasteiger charge is 2.06. The number of nitrogens with one attached hydrogen (secondary N) is 1. The average Bonchev–Trinajstić information content (AvgIpc) is 2.48. The lowest BCUT2D eigenvalue weighted by Crippen LogP contribution is -2.15. The Morgan fingerprint density at radius 2 is 2.00 bits per heavy atom. The number of carbonyl (C=O) groups excluding carboxylic acids is 1. The molecule has 0 spiro atoms. The van der Waals surface area contributed by atoms with Gasteiger partial charge in [-0.2, -0.15) is 12.6 Å². The molecule has 0 aliphatic heterocycles. The summed E-state index contributed by atoms with van der Waals surface area (Å²) in [5.74, 6) is 1.22. The topological polar surface area (TPSA) is 51.2 Å². The number of anilines is 1. The van der Waals surface area contributed by atoms with Crippen LogP contribution >= 0.6 is 12.6 Å². The summed E-state index contributed by atoms with van der Waals surface area (Å²) in [4.78, 5) is 16.2. The molecule has 1 amide bonds. The predicted molar refractivity (Wildman–Crippen MR) is 87.0 cm³/mol. The molecule has 4 nitrogen and oxygen atoms in total. The summed E-state index contributed by atoms with van der Waals surface area (Å²) in [5.41, 5.74) is 1.94. The molecular weight excluding hydrogens is 284 g/mol. The molecule has 0 fully saturated rings. The fraction of sp³-hybridized carbons (Fsp3) is 0.250. The number of aromatic nitrogens is 1. The summed E-state index contributed by atoms with van der Waals surface area (Å²) in [6, 6.07) is 11.1. The second-order valence-electron chi connectivity index (χ2n) is 4.73. The Morgan fingerprint density at radius 3 is 2.52 bits per heavy atom. The first kappa shape index (κ1) is 15.4. The maximum atomic E-state index is 12.0. The average molecular weight is 302 g/mol. The van der Waals surface area contributed by atoms with Crippen LogP contribution in [0.5, 0.6) is 5.75 Å². The third kappa shape index (κ3) is 4.49. The van der Waals surface area contributed by atoms with E-state index in [1.54, 1.807) is 19.4 Å². The number of hydrogen-bond donors (Lipinski definition) is 2. The molecule has 110 valence electrons. The smallest absolute Gasteiger partial charge is 0.229 e. The van der Waals surface area contributed by atoms with Crippen molar-refractivity contribution in [2.24, 2.45) is 0 Å². The van der Waals surface area contributed by atoms with Crippen molar-refractivity contribution in [3.8, 4) is 5.75 Å². The van der Waals surface area contributed by atoms with Gasteiger partial charge in [-0.1, -0.05) is 18.2 Å². The lowest BCUT2D eigenvalue weighted by Gasteiger charge is -2.07. The first-order valence-corrected chi connectivity index (χ1v) is 7.17. The number of hydrogen-bond acceptors (Lipinski definition) is 4. The zero-order valence-corrected chi connectivity index (χ0v) is 12.9. The van der Waals surface area contributed by atoms with Gasteiger partial charge in [-0.3, -0.25) is 4.79 Å². The van der Waals surface area contributed by atoms with E-state index in [1.807, 2.05) is 37.3 Å². The Bertz CT molecular complexity index is 595. The molecule has 2 aromatic rings. The van der Waals surface area contributed by atoms with Gasteiger partial charge < -0.3 is 10.1 Å². The van der Waals surface area contributed by atoms with Gasteiger partial charge in [0.15, 0.2) is 0 Å². The van der Waals surface area contributed by atoms with Crippen LogP contribution in [0.1, 0.15) is 23.3 Å². The first-order valence-electron chi connectivity index (χ1n) is 6.65. The molecule has 1 unspecified atom stereocenters. The Balaban J connectivity index is 1.94. The van der Waals surface area contributed by atoms with Gasteiger partial charge >= 0.3 is 0 Å². The zero-order valence-electron chi connectivity index (χ0n) is 12.0. The van der Waals surface area contributed by atoms with Crippen molar-refractivity contribution in [3.05, 3.63) is 53.7 Å². The molecule has 1 aromatic heterocycles. The van der Waals surface area contributed by atoms with Crippen LogP contribution in [0.3, 0.4) is 0 Å². The van der Waals surface area contributed by atoms with Crippen molar-refractivity contribution in [1.82, 2.24) is 4.98 Å². The van der Waals surface area contributed by atoms with E-state index in [-0.39, 0.29) is 11.2 Å². The predicted octanol–water partition coefficient (Wildman–Crippen LogP) is 3.26. The molecule has 1 atom stereocenters. The van der Waals surface area contributed by atoms with Crippen LogP contribution < -0.4 is 10.1 Å². The summed E-state index contributed by atoms with van der Waals surface area (Å²) in [5, 5.41) is 2.91. The fourth-order valence-corrected chi connectivity index (χ4v) is 1.99. The molecule has 2 rings (SSSR count). The van der Waals surface area contributed by atoms with E-state index in [0.29, 0.717) is 12.2 Å². The van der Waals surface area contributed by atoms with Crippen molar-refractivity contribution >= 4 is 24.4 Å². The van der Waals surface area contributed by atoms with Crippen LogP contribution in [0.2, 0.25) is 0 Å². The van der Waals surface area contributed by atoms with E-state index in [2.05, 4.69) is 22.9 Å². The number of pyridine rings is 1. The number of nitrogens with zero attached hydrogens (tertiary/aromatic N) is 1. The van der Waals surface area contributed by atoms with Crippen molar-refractivity contribution in [2.45, 2.75) is 18.6 Å². The highest BCUT2D eigenvalue weighted by atomic mass is 32.1. The van der Waals surface area contributed by atoms with Gasteiger partial charge in [-0.15, -0.1) is 0 Å².